The molecule has 1 aliphatic heterocycles. The van der Waals surface area contributed by atoms with Crippen LogP contribution in [0.4, 0.5) is 11.9 Å². The summed E-state index contributed by atoms with van der Waals surface area (Å²) in [5, 5.41) is 0. The molecule has 1 aliphatic carbocycles. The molecule has 5 nitrogen and oxygen atoms in total. The van der Waals surface area contributed by atoms with Gasteiger partial charge in [-0.25, -0.2) is 0 Å². The zero-order chi connectivity index (χ0) is 13.1. The monoisotopic (exact) mass is 261 g/mol. The number of nitrogens with two attached hydrogens (primary N) is 1. The quantitative estimate of drug-likeness (QED) is 0.828. The van der Waals surface area contributed by atoms with Gasteiger partial charge in [0.05, 0.1) is 0 Å². The van der Waals surface area contributed by atoms with Crippen molar-refractivity contribution < 1.29 is 0 Å². The van der Waals surface area contributed by atoms with Gasteiger partial charge in [-0.05, 0) is 25.7 Å². The van der Waals surface area contributed by atoms with E-state index in [1.165, 1.54) is 51.4 Å². The molecule has 0 aromatic carbocycles. The Balaban J connectivity index is 1.83. The first-order valence-electron chi connectivity index (χ1n) is 7.59. The van der Waals surface area contributed by atoms with Crippen LogP contribution in [0.1, 0.15) is 63.1 Å². The molecule has 0 unspecified atom stereocenters. The topological polar surface area (TPSA) is 67.9 Å². The maximum absolute atomic E-state index is 5.88. The first-order chi connectivity index (χ1) is 9.33. The zero-order valence-electron chi connectivity index (χ0n) is 11.5. The van der Waals surface area contributed by atoms with Crippen LogP contribution in [0.3, 0.4) is 0 Å². The molecule has 2 N–H and O–H groups in total. The SMILES string of the molecule is Nc1nc(C2CCCCCC2)nc(N2CCCC2)n1. The molecule has 3 rings (SSSR count). The predicted molar refractivity (Wildman–Crippen MR) is 76.1 cm³/mol. The fourth-order valence-electron chi connectivity index (χ4n) is 3.18. The molecule has 1 saturated heterocycles. The molecule has 0 radical (unpaired) electrons. The van der Waals surface area contributed by atoms with Crippen molar-refractivity contribution in [1.29, 1.82) is 0 Å². The maximum atomic E-state index is 5.88. The molecule has 2 fully saturated rings. The van der Waals surface area contributed by atoms with E-state index in [1.54, 1.807) is 0 Å². The summed E-state index contributed by atoms with van der Waals surface area (Å²) in [6.45, 7) is 2.10. The fraction of sp³-hybridized carbons (Fsp3) is 0.786. The summed E-state index contributed by atoms with van der Waals surface area (Å²) < 4.78 is 0. The van der Waals surface area contributed by atoms with Crippen molar-refractivity contribution in [3.05, 3.63) is 5.82 Å². The summed E-state index contributed by atoms with van der Waals surface area (Å²) in [6.07, 6.45) is 10.1. The van der Waals surface area contributed by atoms with Crippen molar-refractivity contribution >= 4 is 11.9 Å². The zero-order valence-corrected chi connectivity index (χ0v) is 11.5. The first kappa shape index (κ1) is 12.6. The van der Waals surface area contributed by atoms with Gasteiger partial charge in [0.2, 0.25) is 11.9 Å². The number of nitrogen functional groups attached to an aromatic ring is 1. The lowest BCUT2D eigenvalue weighted by molar-refractivity contribution is 0.558. The minimum atomic E-state index is 0.385. The normalized spacial score (nSPS) is 21.6. The average Bonchev–Trinajstić information content (AvgIpc) is 2.81. The van der Waals surface area contributed by atoms with Crippen molar-refractivity contribution in [3.63, 3.8) is 0 Å². The maximum Gasteiger partial charge on any atom is 0.230 e. The highest BCUT2D eigenvalue weighted by Gasteiger charge is 2.21. The minimum absolute atomic E-state index is 0.385. The number of anilines is 2. The van der Waals surface area contributed by atoms with Crippen LogP contribution >= 0.6 is 0 Å². The Hall–Kier alpha value is -1.39. The Morgan fingerprint density at radius 3 is 2.21 bits per heavy atom. The summed E-state index contributed by atoms with van der Waals surface area (Å²) in [5.74, 6) is 2.59. The van der Waals surface area contributed by atoms with Gasteiger partial charge in [-0.1, -0.05) is 25.7 Å². The number of hydrogen-bond donors (Lipinski definition) is 1. The van der Waals surface area contributed by atoms with Crippen molar-refractivity contribution in [2.45, 2.75) is 57.3 Å². The van der Waals surface area contributed by atoms with E-state index in [2.05, 4.69) is 14.9 Å². The first-order valence-corrected chi connectivity index (χ1v) is 7.59. The smallest absolute Gasteiger partial charge is 0.230 e. The van der Waals surface area contributed by atoms with Crippen LogP contribution in [0.5, 0.6) is 0 Å². The molecule has 104 valence electrons. The van der Waals surface area contributed by atoms with E-state index in [9.17, 15) is 0 Å². The molecule has 5 heteroatoms. The van der Waals surface area contributed by atoms with Crippen molar-refractivity contribution in [2.75, 3.05) is 23.7 Å². The average molecular weight is 261 g/mol. The van der Waals surface area contributed by atoms with Crippen LogP contribution < -0.4 is 10.6 Å². The lowest BCUT2D eigenvalue weighted by Crippen LogP contribution is -2.22. The van der Waals surface area contributed by atoms with Crippen molar-refractivity contribution in [3.8, 4) is 0 Å². The standard InChI is InChI=1S/C14H23N5/c15-13-16-12(11-7-3-1-2-4-8-11)17-14(18-13)19-9-5-6-10-19/h11H,1-10H2,(H2,15,16,17,18). The van der Waals surface area contributed by atoms with E-state index in [0.29, 0.717) is 11.9 Å². The van der Waals surface area contributed by atoms with Crippen molar-refractivity contribution in [1.82, 2.24) is 15.0 Å². The third kappa shape index (κ3) is 2.96. The van der Waals surface area contributed by atoms with Crippen LogP contribution in [-0.4, -0.2) is 28.0 Å². The number of hydrogen-bond acceptors (Lipinski definition) is 5. The molecule has 0 atom stereocenters. The molecule has 1 saturated carbocycles. The van der Waals surface area contributed by atoms with Crippen LogP contribution in [-0.2, 0) is 0 Å². The highest BCUT2D eigenvalue weighted by Crippen LogP contribution is 2.30. The van der Waals surface area contributed by atoms with E-state index in [0.717, 1.165) is 24.9 Å². The Labute approximate surface area is 114 Å². The van der Waals surface area contributed by atoms with Crippen LogP contribution in [0.15, 0.2) is 0 Å². The second-order valence-corrected chi connectivity index (χ2v) is 5.73. The molecule has 1 aromatic heterocycles. The summed E-state index contributed by atoms with van der Waals surface area (Å²) in [4.78, 5) is 15.7. The summed E-state index contributed by atoms with van der Waals surface area (Å²) in [7, 11) is 0. The Kier molecular flexibility index (Phi) is 3.80. The molecule has 2 aliphatic rings. The van der Waals surface area contributed by atoms with Crippen LogP contribution in [0.2, 0.25) is 0 Å². The van der Waals surface area contributed by atoms with E-state index in [-0.39, 0.29) is 0 Å². The molecule has 0 bridgehead atoms. The number of aromatic nitrogens is 3. The molecule has 1 aromatic rings. The summed E-state index contributed by atoms with van der Waals surface area (Å²) in [5.41, 5.74) is 5.88. The third-order valence-electron chi connectivity index (χ3n) is 4.27. The fourth-order valence-corrected chi connectivity index (χ4v) is 3.18. The van der Waals surface area contributed by atoms with E-state index in [1.807, 2.05) is 0 Å². The molecular weight excluding hydrogens is 238 g/mol. The lowest BCUT2D eigenvalue weighted by atomic mass is 10.00. The van der Waals surface area contributed by atoms with Gasteiger partial charge in [0, 0.05) is 19.0 Å². The Bertz CT molecular complexity index is 420. The van der Waals surface area contributed by atoms with Gasteiger partial charge in [0.25, 0.3) is 0 Å². The second kappa shape index (κ2) is 5.72. The van der Waals surface area contributed by atoms with Gasteiger partial charge in [-0.3, -0.25) is 0 Å². The summed E-state index contributed by atoms with van der Waals surface area (Å²) >= 11 is 0. The van der Waals surface area contributed by atoms with E-state index in [4.69, 9.17) is 10.7 Å². The minimum Gasteiger partial charge on any atom is -0.368 e. The van der Waals surface area contributed by atoms with Gasteiger partial charge >= 0.3 is 0 Å². The van der Waals surface area contributed by atoms with Crippen LogP contribution in [0, 0.1) is 0 Å². The van der Waals surface area contributed by atoms with E-state index < -0.39 is 0 Å². The van der Waals surface area contributed by atoms with Gasteiger partial charge < -0.3 is 10.6 Å². The Morgan fingerprint density at radius 2 is 1.53 bits per heavy atom. The van der Waals surface area contributed by atoms with Gasteiger partial charge in [-0.15, -0.1) is 0 Å². The molecular formula is C14H23N5. The molecule has 19 heavy (non-hydrogen) atoms. The Morgan fingerprint density at radius 1 is 0.842 bits per heavy atom. The molecule has 0 spiro atoms. The number of nitrogens with zero attached hydrogens (tertiary/aromatic N) is 4. The highest BCUT2D eigenvalue weighted by atomic mass is 15.3. The molecule has 2 heterocycles. The van der Waals surface area contributed by atoms with Crippen molar-refractivity contribution in [2.24, 2.45) is 0 Å². The van der Waals surface area contributed by atoms with Gasteiger partial charge in [0.1, 0.15) is 5.82 Å². The third-order valence-corrected chi connectivity index (χ3v) is 4.27. The summed E-state index contributed by atoms with van der Waals surface area (Å²) in [6, 6.07) is 0. The predicted octanol–water partition coefficient (Wildman–Crippen LogP) is 2.49. The highest BCUT2D eigenvalue weighted by molar-refractivity contribution is 5.36. The van der Waals surface area contributed by atoms with Crippen LogP contribution in [0.25, 0.3) is 0 Å². The van der Waals surface area contributed by atoms with Gasteiger partial charge in [0.15, 0.2) is 0 Å². The number of rotatable bonds is 2. The van der Waals surface area contributed by atoms with E-state index >= 15 is 0 Å². The van der Waals surface area contributed by atoms with Gasteiger partial charge in [-0.2, -0.15) is 15.0 Å². The molecule has 0 amide bonds. The largest absolute Gasteiger partial charge is 0.368 e. The second-order valence-electron chi connectivity index (χ2n) is 5.73. The lowest BCUT2D eigenvalue weighted by Gasteiger charge is -2.18.